The van der Waals surface area contributed by atoms with Crippen LogP contribution in [0.25, 0.3) is 22.3 Å². The van der Waals surface area contributed by atoms with Gasteiger partial charge < -0.3 is 9.88 Å². The first kappa shape index (κ1) is 18.0. The number of rotatable bonds is 6. The summed E-state index contributed by atoms with van der Waals surface area (Å²) in [7, 11) is 1.90. The number of aromatic nitrogens is 3. The number of hydrogen-bond acceptors (Lipinski definition) is 3. The number of ketones is 1. The van der Waals surface area contributed by atoms with E-state index >= 15 is 0 Å². The Balaban J connectivity index is 1.39. The zero-order chi connectivity index (χ0) is 18.8. The highest BCUT2D eigenvalue weighted by Crippen LogP contribution is 2.25. The van der Waals surface area contributed by atoms with E-state index in [-0.39, 0.29) is 5.78 Å². The standard InChI is InChI=1S/C22H28N4O/c1-16-9-12-26(13-10-16)11-5-8-22(27)20-15-21(25(2)24-20)19-14-17-6-3-4-7-18(17)23-19/h3-4,6-7,14-16,23H,5,8-13H2,1-2H3. The largest absolute Gasteiger partial charge is 0.353 e. The minimum atomic E-state index is 0.137. The topological polar surface area (TPSA) is 53.9 Å². The second kappa shape index (κ2) is 7.69. The molecule has 1 aliphatic heterocycles. The molecule has 5 heteroatoms. The predicted molar refractivity (Wildman–Crippen MR) is 109 cm³/mol. The van der Waals surface area contributed by atoms with E-state index in [1.54, 1.807) is 4.68 Å². The molecule has 0 radical (unpaired) electrons. The number of hydrogen-bond donors (Lipinski definition) is 1. The van der Waals surface area contributed by atoms with Gasteiger partial charge in [-0.05, 0) is 63.0 Å². The Kier molecular flexibility index (Phi) is 5.12. The van der Waals surface area contributed by atoms with Gasteiger partial charge in [0.15, 0.2) is 5.78 Å². The summed E-state index contributed by atoms with van der Waals surface area (Å²) in [6.07, 6.45) is 4.03. The minimum Gasteiger partial charge on any atom is -0.353 e. The maximum atomic E-state index is 12.6. The van der Waals surface area contributed by atoms with E-state index in [1.165, 1.54) is 25.9 Å². The fourth-order valence-corrected chi connectivity index (χ4v) is 3.94. The third-order valence-electron chi connectivity index (χ3n) is 5.73. The number of piperidine rings is 1. The number of Topliss-reactive ketones (excluding diaryl/α,β-unsaturated/α-hetero) is 1. The van der Waals surface area contributed by atoms with Crippen LogP contribution in [0.3, 0.4) is 0 Å². The minimum absolute atomic E-state index is 0.137. The van der Waals surface area contributed by atoms with Crippen LogP contribution in [0.2, 0.25) is 0 Å². The molecule has 4 rings (SSSR count). The van der Waals surface area contributed by atoms with Gasteiger partial charge >= 0.3 is 0 Å². The number of nitrogens with zero attached hydrogens (tertiary/aromatic N) is 3. The van der Waals surface area contributed by atoms with E-state index in [2.05, 4.69) is 40.1 Å². The van der Waals surface area contributed by atoms with Gasteiger partial charge in [0.2, 0.25) is 0 Å². The molecular weight excluding hydrogens is 336 g/mol. The van der Waals surface area contributed by atoms with Crippen LogP contribution in [0, 0.1) is 5.92 Å². The summed E-state index contributed by atoms with van der Waals surface area (Å²) in [5.74, 6) is 0.984. The highest BCUT2D eigenvalue weighted by Gasteiger charge is 2.18. The van der Waals surface area contributed by atoms with Crippen LogP contribution in [0.4, 0.5) is 0 Å². The van der Waals surface area contributed by atoms with Gasteiger partial charge in [-0.25, -0.2) is 0 Å². The number of H-pyrrole nitrogens is 1. The molecule has 27 heavy (non-hydrogen) atoms. The summed E-state index contributed by atoms with van der Waals surface area (Å²) in [6, 6.07) is 12.2. The Morgan fingerprint density at radius 1 is 1.22 bits per heavy atom. The number of carbonyl (C=O) groups is 1. The molecule has 1 saturated heterocycles. The zero-order valence-electron chi connectivity index (χ0n) is 16.2. The lowest BCUT2D eigenvalue weighted by molar-refractivity contribution is 0.0965. The maximum Gasteiger partial charge on any atom is 0.183 e. The van der Waals surface area contributed by atoms with Crippen LogP contribution in [-0.4, -0.2) is 45.1 Å². The van der Waals surface area contributed by atoms with Gasteiger partial charge in [0.05, 0.1) is 11.4 Å². The third-order valence-corrected chi connectivity index (χ3v) is 5.73. The molecule has 0 aliphatic carbocycles. The number of aromatic amines is 1. The molecule has 0 atom stereocenters. The number of likely N-dealkylation sites (tertiary alicyclic amines) is 1. The Bertz CT molecular complexity index is 898. The van der Waals surface area contributed by atoms with Crippen LogP contribution in [0.15, 0.2) is 36.4 Å². The summed E-state index contributed by atoms with van der Waals surface area (Å²) < 4.78 is 1.80. The summed E-state index contributed by atoms with van der Waals surface area (Å²) in [4.78, 5) is 18.5. The Hall–Kier alpha value is -2.40. The van der Waals surface area contributed by atoms with Crippen LogP contribution >= 0.6 is 0 Å². The van der Waals surface area contributed by atoms with Crippen molar-refractivity contribution >= 4 is 16.7 Å². The van der Waals surface area contributed by atoms with Crippen molar-refractivity contribution in [3.8, 4) is 11.4 Å². The van der Waals surface area contributed by atoms with E-state index < -0.39 is 0 Å². The Labute approximate surface area is 160 Å². The third kappa shape index (κ3) is 3.98. The molecule has 2 aromatic heterocycles. The maximum absolute atomic E-state index is 12.6. The number of nitrogens with one attached hydrogen (secondary N) is 1. The first-order valence-corrected chi connectivity index (χ1v) is 9.98. The Morgan fingerprint density at radius 3 is 2.78 bits per heavy atom. The fraction of sp³-hybridized carbons (Fsp3) is 0.455. The van der Waals surface area contributed by atoms with Gasteiger partial charge in [-0.2, -0.15) is 5.10 Å². The van der Waals surface area contributed by atoms with Crippen LogP contribution in [0.1, 0.15) is 43.1 Å². The van der Waals surface area contributed by atoms with Crippen molar-refractivity contribution in [1.29, 1.82) is 0 Å². The van der Waals surface area contributed by atoms with Crippen molar-refractivity contribution in [2.24, 2.45) is 13.0 Å². The molecule has 0 unspecified atom stereocenters. The van der Waals surface area contributed by atoms with Crippen LogP contribution < -0.4 is 0 Å². The quantitative estimate of drug-likeness (QED) is 0.665. The zero-order valence-corrected chi connectivity index (χ0v) is 16.2. The number of carbonyl (C=O) groups excluding carboxylic acids is 1. The monoisotopic (exact) mass is 364 g/mol. The van der Waals surface area contributed by atoms with Crippen LogP contribution in [0.5, 0.6) is 0 Å². The average Bonchev–Trinajstić information content (AvgIpc) is 3.26. The highest BCUT2D eigenvalue weighted by molar-refractivity contribution is 5.95. The molecule has 0 saturated carbocycles. The molecule has 0 spiro atoms. The van der Waals surface area contributed by atoms with Gasteiger partial charge in [-0.3, -0.25) is 9.48 Å². The van der Waals surface area contributed by atoms with Crippen LogP contribution in [-0.2, 0) is 7.05 Å². The SMILES string of the molecule is CC1CCN(CCCC(=O)c2cc(-c3cc4ccccc4[nH]3)n(C)n2)CC1. The average molecular weight is 364 g/mol. The smallest absolute Gasteiger partial charge is 0.183 e. The van der Waals surface area contributed by atoms with E-state index in [0.717, 1.165) is 41.2 Å². The second-order valence-electron chi connectivity index (χ2n) is 7.86. The normalized spacial score (nSPS) is 16.2. The molecule has 1 aliphatic rings. The van der Waals surface area contributed by atoms with Crippen molar-refractivity contribution in [1.82, 2.24) is 19.7 Å². The summed E-state index contributed by atoms with van der Waals surface area (Å²) in [6.45, 7) is 5.68. The molecule has 1 N–H and O–H groups in total. The summed E-state index contributed by atoms with van der Waals surface area (Å²) in [5, 5.41) is 5.63. The number of fused-ring (bicyclic) bond motifs is 1. The molecule has 3 aromatic rings. The van der Waals surface area contributed by atoms with E-state index in [0.29, 0.717) is 12.1 Å². The van der Waals surface area contributed by atoms with E-state index in [1.807, 2.05) is 25.2 Å². The lowest BCUT2D eigenvalue weighted by Gasteiger charge is -2.29. The number of para-hydroxylation sites is 1. The van der Waals surface area contributed by atoms with Gasteiger partial charge in [0.25, 0.3) is 0 Å². The molecule has 3 heterocycles. The predicted octanol–water partition coefficient (Wildman–Crippen LogP) is 4.26. The van der Waals surface area contributed by atoms with E-state index in [4.69, 9.17) is 0 Å². The highest BCUT2D eigenvalue weighted by atomic mass is 16.1. The van der Waals surface area contributed by atoms with Gasteiger partial charge in [-0.15, -0.1) is 0 Å². The van der Waals surface area contributed by atoms with Crippen molar-refractivity contribution in [3.63, 3.8) is 0 Å². The first-order chi connectivity index (χ1) is 13.1. The van der Waals surface area contributed by atoms with Crippen molar-refractivity contribution < 1.29 is 4.79 Å². The summed E-state index contributed by atoms with van der Waals surface area (Å²) >= 11 is 0. The van der Waals surface area contributed by atoms with Gasteiger partial charge in [0, 0.05) is 24.4 Å². The van der Waals surface area contributed by atoms with Crippen molar-refractivity contribution in [3.05, 3.63) is 42.1 Å². The molecule has 1 aromatic carbocycles. The molecular formula is C22H28N4O. The van der Waals surface area contributed by atoms with Crippen molar-refractivity contribution in [2.75, 3.05) is 19.6 Å². The fourth-order valence-electron chi connectivity index (χ4n) is 3.94. The lowest BCUT2D eigenvalue weighted by Crippen LogP contribution is -2.33. The molecule has 1 fully saturated rings. The molecule has 142 valence electrons. The van der Waals surface area contributed by atoms with Gasteiger partial charge in [0.1, 0.15) is 5.69 Å². The molecule has 0 bridgehead atoms. The molecule has 0 amide bonds. The van der Waals surface area contributed by atoms with E-state index in [9.17, 15) is 4.79 Å². The number of benzene rings is 1. The molecule has 5 nitrogen and oxygen atoms in total. The van der Waals surface area contributed by atoms with Gasteiger partial charge in [-0.1, -0.05) is 25.1 Å². The lowest BCUT2D eigenvalue weighted by atomic mass is 9.99. The Morgan fingerprint density at radius 2 is 2.00 bits per heavy atom. The van der Waals surface area contributed by atoms with Crippen molar-refractivity contribution in [2.45, 2.75) is 32.6 Å². The number of aryl methyl sites for hydroxylation is 1. The summed E-state index contributed by atoms with van der Waals surface area (Å²) in [5.41, 5.74) is 3.60. The second-order valence-corrected chi connectivity index (χ2v) is 7.86. The first-order valence-electron chi connectivity index (χ1n) is 9.98.